The quantitative estimate of drug-likeness (QED) is 0.641. The molecule has 1 aromatic rings. The number of thiocarbonyl (C=S) groups is 1. The van der Waals surface area contributed by atoms with Gasteiger partial charge in [0.2, 0.25) is 0 Å². The zero-order chi connectivity index (χ0) is 15.8. The Hall–Kier alpha value is -1.69. The van der Waals surface area contributed by atoms with E-state index >= 15 is 0 Å². The predicted octanol–water partition coefficient (Wildman–Crippen LogP) is 2.26. The van der Waals surface area contributed by atoms with Crippen LogP contribution in [-0.4, -0.2) is 40.2 Å². The number of hydrogen-bond acceptors (Lipinski definition) is 4. The Morgan fingerprint density at radius 2 is 2.23 bits per heavy atom. The lowest BCUT2D eigenvalue weighted by Gasteiger charge is -2.31. The van der Waals surface area contributed by atoms with Crippen molar-refractivity contribution in [2.45, 2.75) is 45.2 Å². The molecule has 0 saturated heterocycles. The highest BCUT2D eigenvalue weighted by Gasteiger charge is 2.25. The zero-order valence-corrected chi connectivity index (χ0v) is 13.8. The van der Waals surface area contributed by atoms with Crippen molar-refractivity contribution in [2.24, 2.45) is 0 Å². The van der Waals surface area contributed by atoms with Gasteiger partial charge >= 0.3 is 5.97 Å². The lowest BCUT2D eigenvalue weighted by molar-refractivity contribution is -0.141. The number of ether oxygens (including phenoxy) is 1. The molecule has 1 saturated carbocycles. The molecule has 2 rings (SSSR count). The van der Waals surface area contributed by atoms with Gasteiger partial charge < -0.3 is 15.0 Å². The first-order chi connectivity index (χ1) is 10.7. The van der Waals surface area contributed by atoms with Gasteiger partial charge in [-0.2, -0.15) is 0 Å². The number of carbonyl (C=O) groups excluding carboxylic acids is 1. The number of esters is 1. The monoisotopic (exact) mass is 321 g/mol. The third-order valence-corrected chi connectivity index (χ3v) is 4.15. The molecule has 0 bridgehead atoms. The van der Waals surface area contributed by atoms with E-state index in [-0.39, 0.29) is 12.5 Å². The standard InChI is InChI=1S/C16H23N3O2S/c1-2-21-15(20)11-18-16(22)19(14-8-3-4-9-14)12-13-7-5-6-10-17-13/h5-7,10,14H,2-4,8-9,11-12H2,1H3,(H,18,22). The van der Waals surface area contributed by atoms with Gasteiger partial charge in [-0.1, -0.05) is 18.9 Å². The van der Waals surface area contributed by atoms with Gasteiger partial charge in [0.25, 0.3) is 0 Å². The fraction of sp³-hybridized carbons (Fsp3) is 0.562. The molecule has 1 fully saturated rings. The van der Waals surface area contributed by atoms with E-state index < -0.39 is 0 Å². The molecule has 0 aliphatic heterocycles. The topological polar surface area (TPSA) is 54.5 Å². The number of carbonyl (C=O) groups is 1. The smallest absolute Gasteiger partial charge is 0.325 e. The average molecular weight is 321 g/mol. The molecule has 1 aliphatic rings. The van der Waals surface area contributed by atoms with Crippen molar-refractivity contribution in [3.8, 4) is 0 Å². The number of rotatable bonds is 6. The first kappa shape index (κ1) is 16.7. The minimum absolute atomic E-state index is 0.109. The highest BCUT2D eigenvalue weighted by Crippen LogP contribution is 2.24. The van der Waals surface area contributed by atoms with Gasteiger partial charge in [0, 0.05) is 12.2 Å². The molecule has 22 heavy (non-hydrogen) atoms. The van der Waals surface area contributed by atoms with E-state index in [0.717, 1.165) is 18.5 Å². The van der Waals surface area contributed by atoms with Crippen molar-refractivity contribution in [1.82, 2.24) is 15.2 Å². The summed E-state index contributed by atoms with van der Waals surface area (Å²) in [5.41, 5.74) is 0.981. The number of pyridine rings is 1. The van der Waals surface area contributed by atoms with E-state index in [1.807, 2.05) is 18.2 Å². The van der Waals surface area contributed by atoms with Crippen molar-refractivity contribution in [2.75, 3.05) is 13.2 Å². The van der Waals surface area contributed by atoms with Crippen LogP contribution in [-0.2, 0) is 16.1 Å². The summed E-state index contributed by atoms with van der Waals surface area (Å²) >= 11 is 5.49. The second-order valence-electron chi connectivity index (χ2n) is 5.35. The Bertz CT molecular complexity index is 489. The molecule has 5 nitrogen and oxygen atoms in total. The molecule has 1 aliphatic carbocycles. The minimum Gasteiger partial charge on any atom is -0.465 e. The summed E-state index contributed by atoms with van der Waals surface area (Å²) in [6.07, 6.45) is 6.51. The fourth-order valence-electron chi connectivity index (χ4n) is 2.71. The normalized spacial score (nSPS) is 14.6. The van der Waals surface area contributed by atoms with Crippen LogP contribution in [0.2, 0.25) is 0 Å². The molecular formula is C16H23N3O2S. The molecule has 6 heteroatoms. The molecule has 0 amide bonds. The molecule has 0 spiro atoms. The first-order valence-corrected chi connectivity index (χ1v) is 8.21. The molecule has 1 aromatic heterocycles. The van der Waals surface area contributed by atoms with Gasteiger partial charge in [0.05, 0.1) is 18.8 Å². The van der Waals surface area contributed by atoms with E-state index in [2.05, 4.69) is 15.2 Å². The number of nitrogens with zero attached hydrogens (tertiary/aromatic N) is 2. The second-order valence-corrected chi connectivity index (χ2v) is 5.74. The molecule has 120 valence electrons. The Morgan fingerprint density at radius 1 is 1.45 bits per heavy atom. The number of hydrogen-bond donors (Lipinski definition) is 1. The first-order valence-electron chi connectivity index (χ1n) is 7.80. The Balaban J connectivity index is 1.97. The third kappa shape index (κ3) is 4.94. The molecule has 0 unspecified atom stereocenters. The van der Waals surface area contributed by atoms with Crippen molar-refractivity contribution in [3.63, 3.8) is 0 Å². The van der Waals surface area contributed by atoms with Gasteiger partial charge in [-0.15, -0.1) is 0 Å². The highest BCUT2D eigenvalue weighted by atomic mass is 32.1. The Morgan fingerprint density at radius 3 is 2.86 bits per heavy atom. The van der Waals surface area contributed by atoms with Crippen molar-refractivity contribution < 1.29 is 9.53 Å². The van der Waals surface area contributed by atoms with E-state index in [0.29, 0.717) is 24.3 Å². The maximum Gasteiger partial charge on any atom is 0.325 e. The third-order valence-electron chi connectivity index (χ3n) is 3.77. The van der Waals surface area contributed by atoms with E-state index in [1.54, 1.807) is 13.1 Å². The van der Waals surface area contributed by atoms with Crippen molar-refractivity contribution >= 4 is 23.3 Å². The molecule has 1 heterocycles. The predicted molar refractivity (Wildman–Crippen MR) is 89.3 cm³/mol. The van der Waals surface area contributed by atoms with Gasteiger partial charge in [0.15, 0.2) is 5.11 Å². The van der Waals surface area contributed by atoms with Crippen LogP contribution in [0.3, 0.4) is 0 Å². The van der Waals surface area contributed by atoms with Crippen LogP contribution in [0.4, 0.5) is 0 Å². The van der Waals surface area contributed by atoms with Crippen LogP contribution in [0.25, 0.3) is 0 Å². The summed E-state index contributed by atoms with van der Waals surface area (Å²) in [6, 6.07) is 6.30. The molecule has 0 atom stereocenters. The summed E-state index contributed by atoms with van der Waals surface area (Å²) in [5.74, 6) is -0.283. The maximum atomic E-state index is 11.5. The van der Waals surface area contributed by atoms with Gasteiger partial charge in [-0.3, -0.25) is 9.78 Å². The zero-order valence-electron chi connectivity index (χ0n) is 13.0. The van der Waals surface area contributed by atoms with Crippen LogP contribution in [0.1, 0.15) is 38.3 Å². The Labute approximate surface area is 137 Å². The van der Waals surface area contributed by atoms with E-state index in [4.69, 9.17) is 17.0 Å². The van der Waals surface area contributed by atoms with Crippen molar-refractivity contribution in [1.29, 1.82) is 0 Å². The molecule has 0 aromatic carbocycles. The van der Waals surface area contributed by atoms with Crippen LogP contribution < -0.4 is 5.32 Å². The number of nitrogens with one attached hydrogen (secondary N) is 1. The fourth-order valence-corrected chi connectivity index (χ4v) is 3.00. The van der Waals surface area contributed by atoms with Crippen LogP contribution >= 0.6 is 12.2 Å². The van der Waals surface area contributed by atoms with E-state index in [1.165, 1.54) is 12.8 Å². The Kier molecular flexibility index (Phi) is 6.58. The van der Waals surface area contributed by atoms with Gasteiger partial charge in [-0.25, -0.2) is 0 Å². The lowest BCUT2D eigenvalue weighted by atomic mass is 10.2. The molecule has 0 radical (unpaired) electrons. The number of aromatic nitrogens is 1. The molecular weight excluding hydrogens is 298 g/mol. The summed E-state index contributed by atoms with van der Waals surface area (Å²) in [7, 11) is 0. The molecule has 1 N–H and O–H groups in total. The summed E-state index contributed by atoms with van der Waals surface area (Å²) in [5, 5.41) is 3.62. The van der Waals surface area contributed by atoms with Gasteiger partial charge in [0.1, 0.15) is 6.54 Å². The van der Waals surface area contributed by atoms with Gasteiger partial charge in [-0.05, 0) is 44.1 Å². The van der Waals surface area contributed by atoms with Crippen LogP contribution in [0.5, 0.6) is 0 Å². The summed E-state index contributed by atoms with van der Waals surface area (Å²) in [6.45, 7) is 2.95. The summed E-state index contributed by atoms with van der Waals surface area (Å²) in [4.78, 5) is 18.0. The SMILES string of the molecule is CCOC(=O)CNC(=S)N(Cc1ccccn1)C1CCCC1. The van der Waals surface area contributed by atoms with Crippen LogP contribution in [0, 0.1) is 0 Å². The van der Waals surface area contributed by atoms with E-state index in [9.17, 15) is 4.79 Å². The highest BCUT2D eigenvalue weighted by molar-refractivity contribution is 7.80. The second kappa shape index (κ2) is 8.68. The average Bonchev–Trinajstić information content (AvgIpc) is 3.06. The minimum atomic E-state index is -0.283. The summed E-state index contributed by atoms with van der Waals surface area (Å²) < 4.78 is 4.92. The lowest BCUT2D eigenvalue weighted by Crippen LogP contribution is -2.46. The van der Waals surface area contributed by atoms with Crippen LogP contribution in [0.15, 0.2) is 24.4 Å². The largest absolute Gasteiger partial charge is 0.465 e. The maximum absolute atomic E-state index is 11.5. The van der Waals surface area contributed by atoms with Crippen molar-refractivity contribution in [3.05, 3.63) is 30.1 Å².